The van der Waals surface area contributed by atoms with Crippen LogP contribution in [0.2, 0.25) is 0 Å². The van der Waals surface area contributed by atoms with E-state index in [9.17, 15) is 8.42 Å². The van der Waals surface area contributed by atoms with E-state index in [4.69, 9.17) is 0 Å². The summed E-state index contributed by atoms with van der Waals surface area (Å²) in [5.74, 6) is 0.560. The molecule has 0 aromatic carbocycles. The summed E-state index contributed by atoms with van der Waals surface area (Å²) >= 11 is 0. The van der Waals surface area contributed by atoms with Crippen molar-refractivity contribution in [2.24, 2.45) is 5.92 Å². The molecule has 4 heteroatoms. The fourth-order valence-electron chi connectivity index (χ4n) is 3.66. The standard InChI is InChI=1S/C16H33NO2S/c1-5-9-15(17-7-3)16(6-2)20(18,19)14-11-8-10-13(4)12-14/h13-17H,5-12H2,1-4H3. The monoisotopic (exact) mass is 303 g/mol. The van der Waals surface area contributed by atoms with E-state index in [1.165, 1.54) is 6.42 Å². The maximum absolute atomic E-state index is 13.0. The van der Waals surface area contributed by atoms with Gasteiger partial charge in [-0.15, -0.1) is 0 Å². The van der Waals surface area contributed by atoms with Crippen LogP contribution in [0.4, 0.5) is 0 Å². The minimum absolute atomic E-state index is 0.103. The minimum atomic E-state index is -3.01. The lowest BCUT2D eigenvalue weighted by molar-refractivity contribution is 0.373. The predicted octanol–water partition coefficient (Wildman–Crippen LogP) is 3.54. The van der Waals surface area contributed by atoms with Crippen LogP contribution >= 0.6 is 0 Å². The molecule has 0 bridgehead atoms. The smallest absolute Gasteiger partial charge is 0.157 e. The van der Waals surface area contributed by atoms with Gasteiger partial charge in [0.2, 0.25) is 0 Å². The molecule has 0 radical (unpaired) electrons. The molecule has 0 aliphatic heterocycles. The SMILES string of the molecule is CCCC(NCC)C(CC)S(=O)(=O)C1CCCC(C)C1. The third-order valence-electron chi connectivity index (χ3n) is 4.69. The maximum Gasteiger partial charge on any atom is 0.157 e. The lowest BCUT2D eigenvalue weighted by Gasteiger charge is -2.33. The maximum atomic E-state index is 13.0. The average molecular weight is 304 g/mol. The van der Waals surface area contributed by atoms with E-state index in [0.717, 1.165) is 45.1 Å². The Morgan fingerprint density at radius 2 is 1.90 bits per heavy atom. The third-order valence-corrected chi connectivity index (χ3v) is 7.56. The molecule has 3 nitrogen and oxygen atoms in total. The Morgan fingerprint density at radius 3 is 2.40 bits per heavy atom. The van der Waals surface area contributed by atoms with Crippen molar-refractivity contribution in [2.45, 2.75) is 89.2 Å². The van der Waals surface area contributed by atoms with Crippen LogP contribution in [0.5, 0.6) is 0 Å². The predicted molar refractivity (Wildman–Crippen MR) is 86.8 cm³/mol. The highest BCUT2D eigenvalue weighted by Crippen LogP contribution is 2.32. The highest BCUT2D eigenvalue weighted by Gasteiger charge is 2.38. The van der Waals surface area contributed by atoms with E-state index in [2.05, 4.69) is 26.1 Å². The molecule has 120 valence electrons. The largest absolute Gasteiger partial charge is 0.313 e. The first-order valence-electron chi connectivity index (χ1n) is 8.43. The molecule has 0 amide bonds. The van der Waals surface area contributed by atoms with Gasteiger partial charge in [0.1, 0.15) is 0 Å². The molecule has 1 fully saturated rings. The van der Waals surface area contributed by atoms with Crippen LogP contribution in [0.15, 0.2) is 0 Å². The van der Waals surface area contributed by atoms with Crippen LogP contribution in [0, 0.1) is 5.92 Å². The van der Waals surface area contributed by atoms with E-state index < -0.39 is 9.84 Å². The highest BCUT2D eigenvalue weighted by atomic mass is 32.2. The lowest BCUT2D eigenvalue weighted by atomic mass is 9.90. The van der Waals surface area contributed by atoms with E-state index >= 15 is 0 Å². The molecule has 0 saturated heterocycles. The Kier molecular flexibility index (Phi) is 7.52. The van der Waals surface area contributed by atoms with Crippen molar-refractivity contribution in [3.05, 3.63) is 0 Å². The lowest BCUT2D eigenvalue weighted by Crippen LogP contribution is -2.47. The molecule has 0 heterocycles. The normalized spacial score (nSPS) is 27.2. The van der Waals surface area contributed by atoms with Crippen molar-refractivity contribution in [1.29, 1.82) is 0 Å². The van der Waals surface area contributed by atoms with Crippen molar-refractivity contribution in [3.63, 3.8) is 0 Å². The van der Waals surface area contributed by atoms with E-state index in [-0.39, 0.29) is 16.5 Å². The Bertz CT molecular complexity index is 361. The Morgan fingerprint density at radius 1 is 1.20 bits per heavy atom. The minimum Gasteiger partial charge on any atom is -0.313 e. The van der Waals surface area contributed by atoms with Crippen LogP contribution in [-0.4, -0.2) is 31.5 Å². The Balaban J connectivity index is 2.89. The summed E-state index contributed by atoms with van der Waals surface area (Å²) in [5.41, 5.74) is 0. The molecule has 0 spiro atoms. The molecule has 1 aliphatic rings. The summed E-state index contributed by atoms with van der Waals surface area (Å²) in [5, 5.41) is 3.10. The zero-order chi connectivity index (χ0) is 15.2. The molecule has 1 saturated carbocycles. The molecule has 4 unspecified atom stereocenters. The molecule has 0 aromatic rings. The molecule has 20 heavy (non-hydrogen) atoms. The van der Waals surface area contributed by atoms with Gasteiger partial charge in [0.05, 0.1) is 10.5 Å². The van der Waals surface area contributed by atoms with Gasteiger partial charge in [0.25, 0.3) is 0 Å². The van der Waals surface area contributed by atoms with Gasteiger partial charge in [-0.2, -0.15) is 0 Å². The molecular weight excluding hydrogens is 270 g/mol. The highest BCUT2D eigenvalue weighted by molar-refractivity contribution is 7.92. The summed E-state index contributed by atoms with van der Waals surface area (Å²) in [6.45, 7) is 9.25. The van der Waals surface area contributed by atoms with Crippen LogP contribution in [0.25, 0.3) is 0 Å². The number of hydrogen-bond donors (Lipinski definition) is 1. The zero-order valence-corrected chi connectivity index (χ0v) is 14.5. The van der Waals surface area contributed by atoms with Gasteiger partial charge < -0.3 is 5.32 Å². The molecule has 0 aromatic heterocycles. The van der Waals surface area contributed by atoms with Gasteiger partial charge in [-0.3, -0.25) is 0 Å². The fraction of sp³-hybridized carbons (Fsp3) is 1.00. The first kappa shape index (κ1) is 18.0. The second-order valence-corrected chi connectivity index (χ2v) is 8.83. The molecule has 1 aliphatic carbocycles. The Hall–Kier alpha value is -0.0900. The Labute approximate surface area is 125 Å². The molecular formula is C16H33NO2S. The first-order valence-corrected chi connectivity index (χ1v) is 10.0. The molecule has 1 N–H and O–H groups in total. The van der Waals surface area contributed by atoms with Gasteiger partial charge >= 0.3 is 0 Å². The van der Waals surface area contributed by atoms with Crippen molar-refractivity contribution < 1.29 is 8.42 Å². The van der Waals surface area contributed by atoms with Crippen LogP contribution < -0.4 is 5.32 Å². The molecule has 1 rings (SSSR count). The van der Waals surface area contributed by atoms with Gasteiger partial charge in [-0.05, 0) is 38.1 Å². The number of nitrogens with one attached hydrogen (secondary N) is 1. The summed E-state index contributed by atoms with van der Waals surface area (Å²) in [4.78, 5) is 0. The van der Waals surface area contributed by atoms with E-state index in [1.54, 1.807) is 0 Å². The van der Waals surface area contributed by atoms with Gasteiger partial charge in [0.15, 0.2) is 9.84 Å². The summed E-state index contributed by atoms with van der Waals surface area (Å²) in [6.07, 6.45) is 6.71. The number of hydrogen-bond acceptors (Lipinski definition) is 3. The number of sulfone groups is 1. The van der Waals surface area contributed by atoms with Gasteiger partial charge in [0, 0.05) is 6.04 Å². The quantitative estimate of drug-likeness (QED) is 0.746. The van der Waals surface area contributed by atoms with Crippen LogP contribution in [0.3, 0.4) is 0 Å². The van der Waals surface area contributed by atoms with Crippen LogP contribution in [-0.2, 0) is 9.84 Å². The summed E-state index contributed by atoms with van der Waals surface area (Å²) < 4.78 is 26.0. The van der Waals surface area contributed by atoms with E-state index in [0.29, 0.717) is 5.92 Å². The number of rotatable bonds is 8. The van der Waals surface area contributed by atoms with Crippen molar-refractivity contribution >= 4 is 9.84 Å². The van der Waals surface area contributed by atoms with Gasteiger partial charge in [-0.1, -0.05) is 47.0 Å². The van der Waals surface area contributed by atoms with Crippen molar-refractivity contribution in [2.75, 3.05) is 6.54 Å². The first-order chi connectivity index (χ1) is 9.47. The second-order valence-electron chi connectivity index (χ2n) is 6.38. The second kappa shape index (κ2) is 8.38. The zero-order valence-electron chi connectivity index (χ0n) is 13.7. The summed E-state index contributed by atoms with van der Waals surface area (Å²) in [6, 6.07) is 0.122. The van der Waals surface area contributed by atoms with Gasteiger partial charge in [-0.25, -0.2) is 8.42 Å². The molecule has 4 atom stereocenters. The fourth-order valence-corrected chi connectivity index (χ4v) is 6.40. The van der Waals surface area contributed by atoms with E-state index in [1.807, 2.05) is 6.92 Å². The average Bonchev–Trinajstić information content (AvgIpc) is 2.39. The third kappa shape index (κ3) is 4.45. The summed E-state index contributed by atoms with van der Waals surface area (Å²) in [7, 11) is -3.01. The topological polar surface area (TPSA) is 46.2 Å². The van der Waals surface area contributed by atoms with Crippen LogP contribution in [0.1, 0.15) is 72.6 Å². The van der Waals surface area contributed by atoms with Crippen molar-refractivity contribution in [1.82, 2.24) is 5.32 Å². The van der Waals surface area contributed by atoms with Crippen molar-refractivity contribution in [3.8, 4) is 0 Å².